The van der Waals surface area contributed by atoms with Crippen LogP contribution in [0.4, 0.5) is 5.82 Å². The minimum Gasteiger partial charge on any atom is -0.618 e. The maximum atomic E-state index is 12.8. The third kappa shape index (κ3) is 4.40. The lowest BCUT2D eigenvalue weighted by molar-refractivity contribution is -0.622. The number of nitrogens with one attached hydrogen (secondary N) is 1. The molecule has 0 aromatic carbocycles. The predicted octanol–water partition coefficient (Wildman–Crippen LogP) is 4.93. The summed E-state index contributed by atoms with van der Waals surface area (Å²) in [6, 6.07) is 4.36. The van der Waals surface area contributed by atoms with Crippen molar-refractivity contribution < 1.29 is 4.73 Å². The number of aryl methyl sites for hydroxylation is 2. The van der Waals surface area contributed by atoms with Crippen LogP contribution in [-0.2, 0) is 12.8 Å². The van der Waals surface area contributed by atoms with Gasteiger partial charge in [0.2, 0.25) is 5.69 Å². The molecule has 0 aliphatic rings. The van der Waals surface area contributed by atoms with E-state index in [1.54, 1.807) is 0 Å². The molecule has 0 saturated heterocycles. The molecule has 27 heavy (non-hydrogen) atoms. The highest BCUT2D eigenvalue weighted by atomic mass is 16.5. The van der Waals surface area contributed by atoms with Gasteiger partial charge in [0.1, 0.15) is 5.82 Å². The van der Waals surface area contributed by atoms with Gasteiger partial charge in [0.25, 0.3) is 0 Å². The van der Waals surface area contributed by atoms with Gasteiger partial charge in [-0.15, -0.1) is 0 Å². The Morgan fingerprint density at radius 1 is 1.04 bits per heavy atom. The Balaban J connectivity index is 2.58. The molecule has 2 heterocycles. The van der Waals surface area contributed by atoms with Crippen LogP contribution in [-0.4, -0.2) is 16.0 Å². The van der Waals surface area contributed by atoms with Gasteiger partial charge < -0.3 is 10.5 Å². The molecular formula is C22H34N4O. The largest absolute Gasteiger partial charge is 0.618 e. The highest BCUT2D eigenvalue weighted by molar-refractivity contribution is 5.65. The van der Waals surface area contributed by atoms with Gasteiger partial charge in [-0.05, 0) is 32.3 Å². The molecule has 5 nitrogen and oxygen atoms in total. The Morgan fingerprint density at radius 3 is 2.22 bits per heavy atom. The molecule has 0 aliphatic carbocycles. The number of hydrogen-bond donors (Lipinski definition) is 1. The summed E-state index contributed by atoms with van der Waals surface area (Å²) in [4.78, 5) is 9.76. The van der Waals surface area contributed by atoms with Crippen molar-refractivity contribution in [2.24, 2.45) is 0 Å². The average molecular weight is 371 g/mol. The molecule has 2 aromatic heterocycles. The van der Waals surface area contributed by atoms with E-state index in [4.69, 9.17) is 9.97 Å². The minimum absolute atomic E-state index is 0.187. The van der Waals surface area contributed by atoms with Crippen molar-refractivity contribution in [1.29, 1.82) is 0 Å². The van der Waals surface area contributed by atoms with Crippen molar-refractivity contribution in [3.8, 4) is 11.3 Å². The lowest BCUT2D eigenvalue weighted by atomic mass is 10.0. The van der Waals surface area contributed by atoms with Crippen LogP contribution in [0.2, 0.25) is 0 Å². The Morgan fingerprint density at radius 2 is 1.70 bits per heavy atom. The van der Waals surface area contributed by atoms with E-state index < -0.39 is 0 Å². The Bertz CT molecular complexity index is 782. The Labute approximate surface area is 163 Å². The first kappa shape index (κ1) is 21.1. The maximum Gasteiger partial charge on any atom is 0.202 e. The lowest BCUT2D eigenvalue weighted by Gasteiger charge is -2.20. The van der Waals surface area contributed by atoms with E-state index in [2.05, 4.69) is 26.1 Å². The summed E-state index contributed by atoms with van der Waals surface area (Å²) >= 11 is 0. The van der Waals surface area contributed by atoms with Gasteiger partial charge in [0, 0.05) is 24.4 Å². The van der Waals surface area contributed by atoms with Crippen LogP contribution in [0.15, 0.2) is 12.1 Å². The fourth-order valence-corrected chi connectivity index (χ4v) is 3.43. The molecule has 2 aromatic rings. The Hall–Kier alpha value is -2.17. The third-order valence-corrected chi connectivity index (χ3v) is 5.20. The summed E-state index contributed by atoms with van der Waals surface area (Å²) in [5.41, 5.74) is 5.08. The number of aromatic nitrogens is 3. The standard InChI is InChI=1S/C22H34N4O/c1-8-16(9-2)24-22-18(10-3)25-21(15(7)23-22)17-12-13-20(14(5)6)26(27)19(17)11-4/h12-14,16H,8-11H2,1-7H3,(H,23,24). The summed E-state index contributed by atoms with van der Waals surface area (Å²) in [5, 5.41) is 16.4. The van der Waals surface area contributed by atoms with Crippen molar-refractivity contribution in [2.45, 2.75) is 86.1 Å². The van der Waals surface area contributed by atoms with E-state index in [0.29, 0.717) is 12.5 Å². The van der Waals surface area contributed by atoms with Crippen molar-refractivity contribution in [3.63, 3.8) is 0 Å². The minimum atomic E-state index is 0.187. The summed E-state index contributed by atoms with van der Waals surface area (Å²) in [6.45, 7) is 14.5. The molecule has 0 fully saturated rings. The smallest absolute Gasteiger partial charge is 0.202 e. The quantitative estimate of drug-likeness (QED) is 0.528. The molecule has 0 atom stereocenters. The van der Waals surface area contributed by atoms with E-state index in [-0.39, 0.29) is 5.92 Å². The molecular weight excluding hydrogens is 336 g/mol. The molecule has 0 bridgehead atoms. The highest BCUT2D eigenvalue weighted by Gasteiger charge is 2.22. The zero-order valence-electron chi connectivity index (χ0n) is 17.9. The number of anilines is 1. The van der Waals surface area contributed by atoms with Crippen LogP contribution in [0.5, 0.6) is 0 Å². The molecule has 0 amide bonds. The molecule has 1 N–H and O–H groups in total. The first-order chi connectivity index (χ1) is 12.9. The fourth-order valence-electron chi connectivity index (χ4n) is 3.43. The van der Waals surface area contributed by atoms with E-state index in [9.17, 15) is 5.21 Å². The third-order valence-electron chi connectivity index (χ3n) is 5.20. The molecule has 148 valence electrons. The van der Waals surface area contributed by atoms with Crippen molar-refractivity contribution in [1.82, 2.24) is 9.97 Å². The molecule has 0 radical (unpaired) electrons. The van der Waals surface area contributed by atoms with Crippen LogP contribution < -0.4 is 10.0 Å². The number of rotatable bonds is 8. The first-order valence-electron chi connectivity index (χ1n) is 10.3. The van der Waals surface area contributed by atoms with Crippen molar-refractivity contribution >= 4 is 5.82 Å². The van der Waals surface area contributed by atoms with Gasteiger partial charge in [-0.25, -0.2) is 9.97 Å². The topological polar surface area (TPSA) is 64.8 Å². The van der Waals surface area contributed by atoms with Gasteiger partial charge in [-0.1, -0.05) is 41.5 Å². The van der Waals surface area contributed by atoms with Crippen LogP contribution in [0.1, 0.15) is 83.1 Å². The van der Waals surface area contributed by atoms with E-state index in [1.165, 1.54) is 0 Å². The van der Waals surface area contributed by atoms with E-state index in [1.807, 2.05) is 39.8 Å². The maximum absolute atomic E-state index is 12.8. The molecule has 0 saturated carbocycles. The summed E-state index contributed by atoms with van der Waals surface area (Å²) in [6.07, 6.45) is 3.56. The zero-order chi connectivity index (χ0) is 20.1. The molecule has 2 rings (SSSR count). The monoisotopic (exact) mass is 370 g/mol. The highest BCUT2D eigenvalue weighted by Crippen LogP contribution is 2.27. The SMILES string of the molecule is CCc1nc(-c2ccc(C(C)C)[n+]([O-])c2CC)c(C)nc1NC(CC)CC. The van der Waals surface area contributed by atoms with Crippen molar-refractivity contribution in [2.75, 3.05) is 5.32 Å². The second kappa shape index (κ2) is 9.16. The van der Waals surface area contributed by atoms with Crippen LogP contribution in [0.3, 0.4) is 0 Å². The number of nitrogens with zero attached hydrogens (tertiary/aromatic N) is 3. The van der Waals surface area contributed by atoms with Gasteiger partial charge >= 0.3 is 0 Å². The van der Waals surface area contributed by atoms with Gasteiger partial charge in [-0.3, -0.25) is 0 Å². The van der Waals surface area contributed by atoms with Gasteiger partial charge in [0.05, 0.1) is 22.6 Å². The van der Waals surface area contributed by atoms with E-state index in [0.717, 1.165) is 63.8 Å². The summed E-state index contributed by atoms with van der Waals surface area (Å²) in [7, 11) is 0. The normalized spacial score (nSPS) is 11.4. The van der Waals surface area contributed by atoms with Gasteiger partial charge in [-0.2, -0.15) is 4.73 Å². The fraction of sp³-hybridized carbons (Fsp3) is 0.591. The molecule has 0 spiro atoms. The second-order valence-corrected chi connectivity index (χ2v) is 7.39. The lowest BCUT2D eigenvalue weighted by Crippen LogP contribution is -2.38. The first-order valence-corrected chi connectivity index (χ1v) is 10.3. The molecule has 5 heteroatoms. The van der Waals surface area contributed by atoms with Crippen LogP contribution in [0, 0.1) is 12.1 Å². The summed E-state index contributed by atoms with van der Waals surface area (Å²) in [5.74, 6) is 1.06. The van der Waals surface area contributed by atoms with Crippen LogP contribution in [0.25, 0.3) is 11.3 Å². The van der Waals surface area contributed by atoms with Crippen molar-refractivity contribution in [3.05, 3.63) is 40.1 Å². The predicted molar refractivity (Wildman–Crippen MR) is 112 cm³/mol. The zero-order valence-corrected chi connectivity index (χ0v) is 17.9. The Kier molecular flexibility index (Phi) is 7.17. The van der Waals surface area contributed by atoms with Gasteiger partial charge in [0.15, 0.2) is 5.69 Å². The number of hydrogen-bond acceptors (Lipinski definition) is 4. The molecule has 0 aliphatic heterocycles. The molecule has 0 unspecified atom stereocenters. The van der Waals surface area contributed by atoms with Crippen LogP contribution >= 0.6 is 0 Å². The summed E-state index contributed by atoms with van der Waals surface area (Å²) < 4.78 is 1.09. The average Bonchev–Trinajstić information content (AvgIpc) is 2.65. The second-order valence-electron chi connectivity index (χ2n) is 7.39. The number of pyridine rings is 1. The van der Waals surface area contributed by atoms with E-state index >= 15 is 0 Å².